The molecule has 2 aromatic rings. The van der Waals surface area contributed by atoms with Crippen molar-refractivity contribution in [3.63, 3.8) is 0 Å². The molecule has 3 nitrogen and oxygen atoms in total. The Labute approximate surface area is 107 Å². The summed E-state index contributed by atoms with van der Waals surface area (Å²) in [5.41, 5.74) is 3.88. The lowest BCUT2D eigenvalue weighted by Crippen LogP contribution is -2.05. The number of ketones is 1. The quantitative estimate of drug-likeness (QED) is 0.773. The molecular weight excluding hydrogens is 224 g/mol. The van der Waals surface area contributed by atoms with Crippen LogP contribution in [0.3, 0.4) is 0 Å². The largest absolute Gasteiger partial charge is 0.292 e. The van der Waals surface area contributed by atoms with Gasteiger partial charge < -0.3 is 0 Å². The van der Waals surface area contributed by atoms with Crippen molar-refractivity contribution in [3.05, 3.63) is 52.8 Å². The summed E-state index contributed by atoms with van der Waals surface area (Å²) in [5, 5.41) is 4.21. The molecule has 3 heteroatoms. The molecule has 0 saturated heterocycles. The van der Waals surface area contributed by atoms with Crippen molar-refractivity contribution in [1.82, 2.24) is 9.78 Å². The third kappa shape index (κ3) is 2.67. The molecule has 1 aromatic carbocycles. The minimum absolute atomic E-state index is 0.0722. The molecule has 0 aliphatic rings. The molecule has 2 rings (SSSR count). The first-order valence-electron chi connectivity index (χ1n) is 6.22. The second-order valence-corrected chi connectivity index (χ2v) is 4.56. The number of carbonyl (C=O) groups is 1. The number of nitrogens with zero attached hydrogens (tertiary/aromatic N) is 2. The highest BCUT2D eigenvalue weighted by molar-refractivity contribution is 5.95. The Morgan fingerprint density at radius 3 is 2.33 bits per heavy atom. The smallest absolute Gasteiger partial charge is 0.187 e. The lowest BCUT2D eigenvalue weighted by atomic mass is 10.0. The standard InChI is InChI=1S/C15H18N2O/c1-4-12-5-7-13(8-6-12)10-15(18)14-9-11(2)17(3)16-14/h5-9H,4,10H2,1-3H3. The predicted octanol–water partition coefficient (Wildman–Crippen LogP) is 2.72. The first-order valence-corrected chi connectivity index (χ1v) is 6.22. The van der Waals surface area contributed by atoms with Gasteiger partial charge in [0.15, 0.2) is 5.78 Å². The summed E-state index contributed by atoms with van der Waals surface area (Å²) < 4.78 is 1.73. The van der Waals surface area contributed by atoms with Crippen molar-refractivity contribution in [2.45, 2.75) is 26.7 Å². The molecule has 1 heterocycles. The highest BCUT2D eigenvalue weighted by atomic mass is 16.1. The van der Waals surface area contributed by atoms with Gasteiger partial charge in [0.25, 0.3) is 0 Å². The summed E-state index contributed by atoms with van der Waals surface area (Å²) in [7, 11) is 1.85. The van der Waals surface area contributed by atoms with Crippen molar-refractivity contribution in [2.24, 2.45) is 7.05 Å². The van der Waals surface area contributed by atoms with Crippen LogP contribution in [0.15, 0.2) is 30.3 Å². The van der Waals surface area contributed by atoms with E-state index < -0.39 is 0 Å². The summed E-state index contributed by atoms with van der Waals surface area (Å²) in [6.45, 7) is 4.07. The van der Waals surface area contributed by atoms with E-state index in [1.165, 1.54) is 5.56 Å². The molecule has 1 aromatic heterocycles. The maximum atomic E-state index is 12.1. The SMILES string of the molecule is CCc1ccc(CC(=O)c2cc(C)n(C)n2)cc1. The van der Waals surface area contributed by atoms with Gasteiger partial charge in [-0.1, -0.05) is 31.2 Å². The lowest BCUT2D eigenvalue weighted by Gasteiger charge is -2.01. The van der Waals surface area contributed by atoms with E-state index in [1.54, 1.807) is 4.68 Å². The summed E-state index contributed by atoms with van der Waals surface area (Å²) in [5.74, 6) is 0.0722. The molecule has 0 atom stereocenters. The van der Waals surface area contributed by atoms with Gasteiger partial charge in [-0.25, -0.2) is 0 Å². The Balaban J connectivity index is 2.10. The zero-order valence-electron chi connectivity index (χ0n) is 11.1. The second kappa shape index (κ2) is 5.17. The number of benzene rings is 1. The molecule has 0 fully saturated rings. The van der Waals surface area contributed by atoms with Gasteiger partial charge in [-0.3, -0.25) is 9.48 Å². The van der Waals surface area contributed by atoms with Gasteiger partial charge in [-0.2, -0.15) is 5.10 Å². The molecule has 0 saturated carbocycles. The highest BCUT2D eigenvalue weighted by Gasteiger charge is 2.11. The fourth-order valence-corrected chi connectivity index (χ4v) is 1.87. The number of aromatic nitrogens is 2. The maximum absolute atomic E-state index is 12.1. The Morgan fingerprint density at radius 2 is 1.83 bits per heavy atom. The van der Waals surface area contributed by atoms with Gasteiger partial charge in [0.2, 0.25) is 0 Å². The molecule has 0 aliphatic heterocycles. The monoisotopic (exact) mass is 242 g/mol. The van der Waals surface area contributed by atoms with E-state index in [0.29, 0.717) is 12.1 Å². The maximum Gasteiger partial charge on any atom is 0.187 e. The second-order valence-electron chi connectivity index (χ2n) is 4.56. The van der Waals surface area contributed by atoms with Gasteiger partial charge in [-0.15, -0.1) is 0 Å². The van der Waals surface area contributed by atoms with Crippen LogP contribution >= 0.6 is 0 Å². The molecule has 0 radical (unpaired) electrons. The molecule has 94 valence electrons. The van der Waals surface area contributed by atoms with Gasteiger partial charge >= 0.3 is 0 Å². The molecule has 0 unspecified atom stereocenters. The fraction of sp³-hybridized carbons (Fsp3) is 0.333. The summed E-state index contributed by atoms with van der Waals surface area (Å²) in [6.07, 6.45) is 1.44. The highest BCUT2D eigenvalue weighted by Crippen LogP contribution is 2.10. The molecule has 0 amide bonds. The lowest BCUT2D eigenvalue weighted by molar-refractivity contribution is 0.0987. The summed E-state index contributed by atoms with van der Waals surface area (Å²) in [4.78, 5) is 12.1. The number of hydrogen-bond acceptors (Lipinski definition) is 2. The Morgan fingerprint density at radius 1 is 1.22 bits per heavy atom. The van der Waals surface area contributed by atoms with E-state index >= 15 is 0 Å². The van der Waals surface area contributed by atoms with Crippen LogP contribution in [0.5, 0.6) is 0 Å². The van der Waals surface area contributed by atoms with Crippen molar-refractivity contribution in [1.29, 1.82) is 0 Å². The third-order valence-electron chi connectivity index (χ3n) is 3.20. The minimum atomic E-state index is 0.0722. The van der Waals surface area contributed by atoms with Gasteiger partial charge in [0, 0.05) is 19.2 Å². The van der Waals surface area contributed by atoms with E-state index in [4.69, 9.17) is 0 Å². The Bertz CT molecular complexity index is 533. The summed E-state index contributed by atoms with van der Waals surface area (Å²) in [6, 6.07) is 10.0. The normalized spacial score (nSPS) is 10.6. The van der Waals surface area contributed by atoms with Gasteiger partial charge in [-0.05, 0) is 30.5 Å². The van der Waals surface area contributed by atoms with Crippen LogP contribution in [0.25, 0.3) is 0 Å². The van der Waals surface area contributed by atoms with Gasteiger partial charge in [0.1, 0.15) is 5.69 Å². The Kier molecular flexibility index (Phi) is 3.60. The average molecular weight is 242 g/mol. The molecule has 0 spiro atoms. The number of rotatable bonds is 4. The zero-order valence-corrected chi connectivity index (χ0v) is 11.1. The van der Waals surface area contributed by atoms with E-state index in [-0.39, 0.29) is 5.78 Å². The first kappa shape index (κ1) is 12.6. The van der Waals surface area contributed by atoms with Crippen LogP contribution in [0, 0.1) is 6.92 Å². The number of carbonyl (C=O) groups excluding carboxylic acids is 1. The predicted molar refractivity (Wildman–Crippen MR) is 71.8 cm³/mol. The van der Waals surface area contributed by atoms with Crippen molar-refractivity contribution in [3.8, 4) is 0 Å². The fourth-order valence-electron chi connectivity index (χ4n) is 1.87. The van der Waals surface area contributed by atoms with E-state index in [0.717, 1.165) is 17.7 Å². The molecule has 18 heavy (non-hydrogen) atoms. The van der Waals surface area contributed by atoms with E-state index in [2.05, 4.69) is 24.2 Å². The van der Waals surface area contributed by atoms with E-state index in [1.807, 2.05) is 32.2 Å². The molecular formula is C15H18N2O. The van der Waals surface area contributed by atoms with Crippen LogP contribution in [-0.2, 0) is 19.9 Å². The van der Waals surface area contributed by atoms with Crippen LogP contribution in [0.2, 0.25) is 0 Å². The third-order valence-corrected chi connectivity index (χ3v) is 3.20. The topological polar surface area (TPSA) is 34.9 Å². The van der Waals surface area contributed by atoms with Crippen LogP contribution in [-0.4, -0.2) is 15.6 Å². The Hall–Kier alpha value is -1.90. The van der Waals surface area contributed by atoms with Crippen molar-refractivity contribution in [2.75, 3.05) is 0 Å². The molecule has 0 aliphatic carbocycles. The number of hydrogen-bond donors (Lipinski definition) is 0. The van der Waals surface area contributed by atoms with Crippen LogP contribution in [0.1, 0.15) is 34.2 Å². The van der Waals surface area contributed by atoms with Gasteiger partial charge in [0.05, 0.1) is 0 Å². The van der Waals surface area contributed by atoms with Crippen LogP contribution in [0.4, 0.5) is 0 Å². The number of aryl methyl sites for hydroxylation is 3. The minimum Gasteiger partial charge on any atom is -0.292 e. The average Bonchev–Trinajstić information content (AvgIpc) is 2.71. The van der Waals surface area contributed by atoms with Crippen LogP contribution < -0.4 is 0 Å². The zero-order chi connectivity index (χ0) is 13.1. The molecule has 0 N–H and O–H groups in total. The number of Topliss-reactive ketones (excluding diaryl/α,β-unsaturated/α-hetero) is 1. The van der Waals surface area contributed by atoms with Crippen molar-refractivity contribution >= 4 is 5.78 Å². The van der Waals surface area contributed by atoms with Crippen molar-refractivity contribution < 1.29 is 4.79 Å². The van der Waals surface area contributed by atoms with E-state index in [9.17, 15) is 4.79 Å². The first-order chi connectivity index (χ1) is 8.60. The molecule has 0 bridgehead atoms. The summed E-state index contributed by atoms with van der Waals surface area (Å²) >= 11 is 0.